The lowest BCUT2D eigenvalue weighted by Gasteiger charge is -2.35. The summed E-state index contributed by atoms with van der Waals surface area (Å²) in [5.74, 6) is -1.21. The third-order valence-electron chi connectivity index (χ3n) is 3.59. The Balaban J connectivity index is 1.87. The minimum absolute atomic E-state index is 0.00419. The Morgan fingerprint density at radius 2 is 1.91 bits per heavy atom. The molecule has 22 heavy (non-hydrogen) atoms. The van der Waals surface area contributed by atoms with Crippen molar-refractivity contribution in [3.05, 3.63) is 28.2 Å². The molecule has 2 rings (SSSR count). The summed E-state index contributed by atoms with van der Waals surface area (Å²) in [6, 6.07) is 4.68. The van der Waals surface area contributed by atoms with Gasteiger partial charge in [0.15, 0.2) is 12.2 Å². The molecule has 1 fully saturated rings. The van der Waals surface area contributed by atoms with Gasteiger partial charge in [-0.1, -0.05) is 23.2 Å². The zero-order chi connectivity index (χ0) is 16.3. The molecule has 120 valence electrons. The summed E-state index contributed by atoms with van der Waals surface area (Å²) in [5.41, 5.74) is -1.75. The fourth-order valence-electron chi connectivity index (χ4n) is 2.16. The number of hydrogen-bond acceptors (Lipinski definition) is 4. The molecule has 6 nitrogen and oxygen atoms in total. The molecule has 1 aliphatic heterocycles. The summed E-state index contributed by atoms with van der Waals surface area (Å²) in [7, 11) is 0. The highest BCUT2D eigenvalue weighted by Crippen LogP contribution is 2.28. The topological polar surface area (TPSA) is 87.1 Å². The van der Waals surface area contributed by atoms with Crippen LogP contribution in [0.15, 0.2) is 18.2 Å². The quantitative estimate of drug-likeness (QED) is 0.867. The first-order valence-corrected chi connectivity index (χ1v) is 7.39. The molecule has 1 aromatic rings. The number of hydrogen-bond donors (Lipinski definition) is 2. The lowest BCUT2D eigenvalue weighted by molar-refractivity contribution is -0.165. The molecule has 2 N–H and O–H groups in total. The number of amides is 1. The molecule has 1 heterocycles. The van der Waals surface area contributed by atoms with Gasteiger partial charge in [0, 0.05) is 31.0 Å². The number of halogens is 2. The monoisotopic (exact) mass is 347 g/mol. The van der Waals surface area contributed by atoms with Crippen LogP contribution in [0.3, 0.4) is 0 Å². The van der Waals surface area contributed by atoms with Gasteiger partial charge >= 0.3 is 5.97 Å². The van der Waals surface area contributed by atoms with E-state index in [1.807, 2.05) is 0 Å². The molecule has 0 bridgehead atoms. The maximum atomic E-state index is 12.0. The van der Waals surface area contributed by atoms with Crippen LogP contribution in [0, 0.1) is 0 Å². The van der Waals surface area contributed by atoms with Crippen LogP contribution in [0.4, 0.5) is 0 Å². The second kappa shape index (κ2) is 6.73. The van der Waals surface area contributed by atoms with E-state index < -0.39 is 11.6 Å². The molecule has 0 aliphatic carbocycles. The summed E-state index contributed by atoms with van der Waals surface area (Å²) in [6.45, 7) is 0.117. The second-order valence-corrected chi connectivity index (χ2v) is 5.92. The number of aliphatic carboxylic acids is 1. The van der Waals surface area contributed by atoms with E-state index in [2.05, 4.69) is 0 Å². The molecule has 0 unspecified atom stereocenters. The SMILES string of the molecule is O=C(COc1ccc(Cl)cc1Cl)N1CCC(O)(C(=O)O)CC1. The molecule has 8 heteroatoms. The Morgan fingerprint density at radius 3 is 2.45 bits per heavy atom. The summed E-state index contributed by atoms with van der Waals surface area (Å²) < 4.78 is 5.35. The van der Waals surface area contributed by atoms with Gasteiger partial charge in [-0.05, 0) is 18.2 Å². The van der Waals surface area contributed by atoms with Crippen molar-refractivity contribution in [2.24, 2.45) is 0 Å². The van der Waals surface area contributed by atoms with Crippen molar-refractivity contribution in [3.63, 3.8) is 0 Å². The number of ether oxygens (including phenoxy) is 1. The predicted octanol–water partition coefficient (Wildman–Crippen LogP) is 1.81. The Bertz CT molecular complexity index is 585. The summed E-state index contributed by atoms with van der Waals surface area (Å²) >= 11 is 11.7. The minimum Gasteiger partial charge on any atom is -0.482 e. The predicted molar refractivity (Wildman–Crippen MR) is 80.4 cm³/mol. The largest absolute Gasteiger partial charge is 0.482 e. The number of piperidine rings is 1. The van der Waals surface area contributed by atoms with Crippen LogP contribution >= 0.6 is 23.2 Å². The van der Waals surface area contributed by atoms with E-state index in [0.717, 1.165) is 0 Å². The average molecular weight is 348 g/mol. The minimum atomic E-state index is -1.75. The van der Waals surface area contributed by atoms with E-state index in [1.54, 1.807) is 12.1 Å². The van der Waals surface area contributed by atoms with Crippen LogP contribution in [0.2, 0.25) is 10.0 Å². The summed E-state index contributed by atoms with van der Waals surface area (Å²) in [5, 5.41) is 19.5. The van der Waals surface area contributed by atoms with Gasteiger partial charge in [0.1, 0.15) is 5.75 Å². The van der Waals surface area contributed by atoms with Crippen molar-refractivity contribution in [2.45, 2.75) is 18.4 Å². The van der Waals surface area contributed by atoms with Crippen molar-refractivity contribution in [1.29, 1.82) is 0 Å². The van der Waals surface area contributed by atoms with Gasteiger partial charge in [0.25, 0.3) is 5.91 Å². The summed E-state index contributed by atoms with van der Waals surface area (Å²) in [6.07, 6.45) is -0.00838. The smallest absolute Gasteiger partial charge is 0.335 e. The molecule has 1 amide bonds. The van der Waals surface area contributed by atoms with E-state index in [9.17, 15) is 14.7 Å². The number of aliphatic hydroxyl groups is 1. The highest BCUT2D eigenvalue weighted by molar-refractivity contribution is 6.35. The van der Waals surface area contributed by atoms with E-state index in [-0.39, 0.29) is 38.4 Å². The zero-order valence-electron chi connectivity index (χ0n) is 11.6. The Hall–Kier alpha value is -1.50. The van der Waals surface area contributed by atoms with Gasteiger partial charge in [-0.15, -0.1) is 0 Å². The van der Waals surface area contributed by atoms with E-state index in [0.29, 0.717) is 15.8 Å². The Kier molecular flexibility index (Phi) is 5.16. The molecule has 1 saturated heterocycles. The number of rotatable bonds is 4. The normalized spacial score (nSPS) is 17.1. The molecule has 0 spiro atoms. The third-order valence-corrected chi connectivity index (χ3v) is 4.12. The number of benzene rings is 1. The first-order valence-electron chi connectivity index (χ1n) is 6.63. The van der Waals surface area contributed by atoms with Gasteiger partial charge in [0.2, 0.25) is 0 Å². The number of carbonyl (C=O) groups excluding carboxylic acids is 1. The van der Waals surface area contributed by atoms with Crippen LogP contribution in [0.1, 0.15) is 12.8 Å². The fraction of sp³-hybridized carbons (Fsp3) is 0.429. The zero-order valence-corrected chi connectivity index (χ0v) is 13.1. The first-order chi connectivity index (χ1) is 10.3. The summed E-state index contributed by atoms with van der Waals surface area (Å²) in [4.78, 5) is 24.4. The lowest BCUT2D eigenvalue weighted by Crippen LogP contribution is -2.51. The Morgan fingerprint density at radius 1 is 1.27 bits per heavy atom. The molecule has 0 radical (unpaired) electrons. The first kappa shape index (κ1) is 16.9. The van der Waals surface area contributed by atoms with Crippen LogP contribution in [0.25, 0.3) is 0 Å². The fourth-order valence-corrected chi connectivity index (χ4v) is 2.63. The van der Waals surface area contributed by atoms with Crippen molar-refractivity contribution in [2.75, 3.05) is 19.7 Å². The van der Waals surface area contributed by atoms with Crippen molar-refractivity contribution in [1.82, 2.24) is 4.90 Å². The number of nitrogens with zero attached hydrogens (tertiary/aromatic N) is 1. The maximum Gasteiger partial charge on any atom is 0.335 e. The van der Waals surface area contributed by atoms with Gasteiger partial charge < -0.3 is 19.8 Å². The van der Waals surface area contributed by atoms with Gasteiger partial charge in [0.05, 0.1) is 5.02 Å². The number of carboxylic acids is 1. The molecule has 0 atom stereocenters. The van der Waals surface area contributed by atoms with Crippen molar-refractivity contribution >= 4 is 35.1 Å². The van der Waals surface area contributed by atoms with Gasteiger partial charge in [-0.3, -0.25) is 4.79 Å². The number of likely N-dealkylation sites (tertiary alicyclic amines) is 1. The standard InChI is InChI=1S/C14H15Cl2NO5/c15-9-1-2-11(10(16)7-9)22-8-12(18)17-5-3-14(21,4-6-17)13(19)20/h1-2,7,21H,3-6,8H2,(H,19,20). The van der Waals surface area contributed by atoms with E-state index >= 15 is 0 Å². The van der Waals surface area contributed by atoms with Gasteiger partial charge in [-0.25, -0.2) is 4.79 Å². The van der Waals surface area contributed by atoms with Crippen LogP contribution in [-0.4, -0.2) is 52.3 Å². The lowest BCUT2D eigenvalue weighted by atomic mass is 9.92. The van der Waals surface area contributed by atoms with Crippen LogP contribution in [0.5, 0.6) is 5.75 Å². The van der Waals surface area contributed by atoms with Gasteiger partial charge in [-0.2, -0.15) is 0 Å². The number of carbonyl (C=O) groups is 2. The second-order valence-electron chi connectivity index (χ2n) is 5.08. The highest BCUT2D eigenvalue weighted by Gasteiger charge is 2.40. The van der Waals surface area contributed by atoms with Crippen molar-refractivity contribution in [3.8, 4) is 5.75 Å². The maximum absolute atomic E-state index is 12.0. The Labute approximate surface area is 137 Å². The molecular weight excluding hydrogens is 333 g/mol. The molecule has 0 aromatic heterocycles. The highest BCUT2D eigenvalue weighted by atomic mass is 35.5. The van der Waals surface area contributed by atoms with E-state index in [4.69, 9.17) is 33.0 Å². The average Bonchev–Trinajstić information content (AvgIpc) is 2.46. The number of carboxylic acid groups (broad SMARTS) is 1. The molecule has 0 saturated carbocycles. The van der Waals surface area contributed by atoms with Crippen LogP contribution in [-0.2, 0) is 9.59 Å². The van der Waals surface area contributed by atoms with Crippen molar-refractivity contribution < 1.29 is 24.5 Å². The van der Waals surface area contributed by atoms with Crippen LogP contribution < -0.4 is 4.74 Å². The molecule has 1 aliphatic rings. The van der Waals surface area contributed by atoms with E-state index in [1.165, 1.54) is 11.0 Å². The third kappa shape index (κ3) is 3.82. The molecular formula is C14H15Cl2NO5. The molecule has 1 aromatic carbocycles.